The van der Waals surface area contributed by atoms with Gasteiger partial charge in [-0.2, -0.15) is 14.0 Å². The van der Waals surface area contributed by atoms with Gasteiger partial charge in [0.2, 0.25) is 11.8 Å². The maximum atomic E-state index is 14.0. The highest BCUT2D eigenvalue weighted by Crippen LogP contribution is 2.41. The van der Waals surface area contributed by atoms with Crippen LogP contribution < -0.4 is 20.1 Å². The van der Waals surface area contributed by atoms with Crippen molar-refractivity contribution in [3.8, 4) is 28.7 Å². The molecule has 12 heteroatoms. The summed E-state index contributed by atoms with van der Waals surface area (Å²) in [6.07, 6.45) is -0.861. The SMILES string of the molecule is COc1cc(-c2ccc3cc(C(=O)NC4(C(=O)NC5(C#N)CC5)CCC(F)(F)CC4)oc3c2)ccc1OC(F)F. The van der Waals surface area contributed by atoms with Crippen molar-refractivity contribution in [1.29, 1.82) is 5.26 Å². The molecule has 0 saturated heterocycles. The number of methoxy groups -OCH3 is 1. The Bertz CT molecular complexity index is 1500. The maximum Gasteiger partial charge on any atom is 0.387 e. The molecule has 0 bridgehead atoms. The number of furan rings is 1. The zero-order valence-corrected chi connectivity index (χ0v) is 21.4. The van der Waals surface area contributed by atoms with Crippen LogP contribution in [0.25, 0.3) is 22.1 Å². The summed E-state index contributed by atoms with van der Waals surface area (Å²) in [5.41, 5.74) is -1.09. The standard InChI is InChI=1S/C28H25F4N3O5/c1-38-21-13-17(4-5-19(21)40-25(29)30)16-2-3-18-14-22(39-20(18)12-16)23(36)34-27(8-10-28(31,32)11-9-27)24(37)35-26(15-33)6-7-26/h2-5,12-14,25H,6-11H2,1H3,(H,34,36)(H,35,37). The first kappa shape index (κ1) is 27.3. The largest absolute Gasteiger partial charge is 0.493 e. The average Bonchev–Trinajstić information content (AvgIpc) is 3.56. The molecule has 2 aliphatic rings. The van der Waals surface area contributed by atoms with E-state index in [0.717, 1.165) is 0 Å². The number of nitrogens with one attached hydrogen (secondary N) is 2. The van der Waals surface area contributed by atoms with Crippen LogP contribution in [-0.2, 0) is 4.79 Å². The highest BCUT2D eigenvalue weighted by Gasteiger charge is 2.53. The average molecular weight is 560 g/mol. The van der Waals surface area contributed by atoms with Crippen molar-refractivity contribution in [2.75, 3.05) is 7.11 Å². The number of fused-ring (bicyclic) bond motifs is 1. The second-order valence-electron chi connectivity index (χ2n) is 10.1. The van der Waals surface area contributed by atoms with Crippen LogP contribution in [0.15, 0.2) is 46.9 Å². The molecule has 8 nitrogen and oxygen atoms in total. The monoisotopic (exact) mass is 559 g/mol. The first-order chi connectivity index (χ1) is 19.0. The minimum atomic E-state index is -3.01. The van der Waals surface area contributed by atoms with Crippen LogP contribution in [0.4, 0.5) is 17.6 Å². The smallest absolute Gasteiger partial charge is 0.387 e. The van der Waals surface area contributed by atoms with Crippen LogP contribution in [0.3, 0.4) is 0 Å². The molecule has 5 rings (SSSR count). The van der Waals surface area contributed by atoms with Crippen molar-refractivity contribution in [1.82, 2.24) is 10.6 Å². The van der Waals surface area contributed by atoms with E-state index in [1.807, 2.05) is 6.07 Å². The van der Waals surface area contributed by atoms with E-state index in [-0.39, 0.29) is 30.1 Å². The summed E-state index contributed by atoms with van der Waals surface area (Å²) in [5.74, 6) is -4.53. The Kier molecular flexibility index (Phi) is 6.85. The van der Waals surface area contributed by atoms with Gasteiger partial charge in [-0.25, -0.2) is 8.78 Å². The fourth-order valence-corrected chi connectivity index (χ4v) is 4.82. The summed E-state index contributed by atoms with van der Waals surface area (Å²) in [4.78, 5) is 26.4. The van der Waals surface area contributed by atoms with Gasteiger partial charge in [-0.05, 0) is 61.1 Å². The van der Waals surface area contributed by atoms with Crippen molar-refractivity contribution in [2.45, 2.75) is 62.1 Å². The second-order valence-corrected chi connectivity index (χ2v) is 10.1. The van der Waals surface area contributed by atoms with Crippen LogP contribution in [0.2, 0.25) is 0 Å². The van der Waals surface area contributed by atoms with Gasteiger partial charge >= 0.3 is 6.61 Å². The summed E-state index contributed by atoms with van der Waals surface area (Å²) in [5, 5.41) is 15.2. The molecule has 0 unspecified atom stereocenters. The van der Waals surface area contributed by atoms with Gasteiger partial charge in [0.1, 0.15) is 16.7 Å². The summed E-state index contributed by atoms with van der Waals surface area (Å²) in [7, 11) is 1.32. The van der Waals surface area contributed by atoms with Gasteiger partial charge in [0.15, 0.2) is 17.3 Å². The molecule has 210 valence electrons. The molecule has 2 aromatic carbocycles. The van der Waals surface area contributed by atoms with Crippen molar-refractivity contribution in [3.05, 3.63) is 48.2 Å². The van der Waals surface area contributed by atoms with Gasteiger partial charge in [0.05, 0.1) is 13.2 Å². The van der Waals surface area contributed by atoms with Crippen LogP contribution in [0.5, 0.6) is 11.5 Å². The van der Waals surface area contributed by atoms with Gasteiger partial charge in [-0.1, -0.05) is 18.2 Å². The zero-order valence-electron chi connectivity index (χ0n) is 21.4. The summed E-state index contributed by atoms with van der Waals surface area (Å²) in [6, 6.07) is 13.0. The van der Waals surface area contributed by atoms with E-state index >= 15 is 0 Å². The molecule has 3 aromatic rings. The number of ether oxygens (including phenoxy) is 2. The third-order valence-electron chi connectivity index (χ3n) is 7.40. The predicted octanol–water partition coefficient (Wildman–Crippen LogP) is 5.56. The first-order valence-electron chi connectivity index (χ1n) is 12.6. The summed E-state index contributed by atoms with van der Waals surface area (Å²) < 4.78 is 68.6. The number of nitriles is 1. The lowest BCUT2D eigenvalue weighted by molar-refractivity contribution is -0.133. The highest BCUT2D eigenvalue weighted by atomic mass is 19.3. The number of hydrogen-bond donors (Lipinski definition) is 2. The van der Waals surface area contributed by atoms with Gasteiger partial charge < -0.3 is 24.5 Å². The molecule has 1 aromatic heterocycles. The van der Waals surface area contributed by atoms with E-state index < -0.39 is 48.3 Å². The highest BCUT2D eigenvalue weighted by molar-refractivity contribution is 6.01. The number of nitrogens with zero attached hydrogens (tertiary/aromatic N) is 1. The topological polar surface area (TPSA) is 114 Å². The third kappa shape index (κ3) is 5.41. The molecule has 0 spiro atoms. The minimum absolute atomic E-state index is 0.100. The molecule has 2 saturated carbocycles. The van der Waals surface area contributed by atoms with E-state index in [1.54, 1.807) is 24.3 Å². The number of hydrogen-bond acceptors (Lipinski definition) is 6. The van der Waals surface area contributed by atoms with Crippen molar-refractivity contribution < 1.29 is 41.0 Å². The normalized spacial score (nSPS) is 18.5. The molecule has 2 N–H and O–H groups in total. The maximum absolute atomic E-state index is 14.0. The third-order valence-corrected chi connectivity index (χ3v) is 7.40. The quantitative estimate of drug-likeness (QED) is 0.350. The van der Waals surface area contributed by atoms with Crippen LogP contribution in [-0.4, -0.2) is 42.5 Å². The van der Waals surface area contributed by atoms with Crippen molar-refractivity contribution in [2.24, 2.45) is 0 Å². The lowest BCUT2D eigenvalue weighted by atomic mass is 9.78. The molecule has 0 radical (unpaired) electrons. The van der Waals surface area contributed by atoms with Crippen LogP contribution >= 0.6 is 0 Å². The molecule has 2 fully saturated rings. The fourth-order valence-electron chi connectivity index (χ4n) is 4.82. The summed E-state index contributed by atoms with van der Waals surface area (Å²) in [6.45, 7) is -3.01. The van der Waals surface area contributed by atoms with Gasteiger partial charge in [-0.15, -0.1) is 0 Å². The van der Waals surface area contributed by atoms with Crippen molar-refractivity contribution >= 4 is 22.8 Å². The van der Waals surface area contributed by atoms with E-state index in [2.05, 4.69) is 15.4 Å². The number of carbonyl (C=O) groups is 2. The lowest BCUT2D eigenvalue weighted by Gasteiger charge is -2.39. The first-order valence-corrected chi connectivity index (χ1v) is 12.6. The Hall–Kier alpha value is -4.27. The Morgan fingerprint density at radius 2 is 1.62 bits per heavy atom. The molecular weight excluding hydrogens is 534 g/mol. The Morgan fingerprint density at radius 3 is 2.25 bits per heavy atom. The van der Waals surface area contributed by atoms with E-state index in [4.69, 9.17) is 9.15 Å². The number of halogens is 4. The minimum Gasteiger partial charge on any atom is -0.493 e. The Balaban J connectivity index is 1.39. The zero-order chi connectivity index (χ0) is 28.7. The molecule has 2 aliphatic carbocycles. The number of benzene rings is 2. The number of amides is 2. The number of carbonyl (C=O) groups excluding carboxylic acids is 2. The Morgan fingerprint density at radius 1 is 0.950 bits per heavy atom. The molecule has 40 heavy (non-hydrogen) atoms. The fraction of sp³-hybridized carbons (Fsp3) is 0.393. The van der Waals surface area contributed by atoms with E-state index in [9.17, 15) is 32.4 Å². The van der Waals surface area contributed by atoms with Crippen LogP contribution in [0, 0.1) is 11.3 Å². The van der Waals surface area contributed by atoms with Gasteiger partial charge in [-0.3, -0.25) is 9.59 Å². The summed E-state index contributed by atoms with van der Waals surface area (Å²) >= 11 is 0. The van der Waals surface area contributed by atoms with Gasteiger partial charge in [0, 0.05) is 18.2 Å². The van der Waals surface area contributed by atoms with Gasteiger partial charge in [0.25, 0.3) is 5.91 Å². The van der Waals surface area contributed by atoms with Crippen LogP contribution in [0.1, 0.15) is 49.1 Å². The number of alkyl halides is 4. The molecule has 0 atom stereocenters. The predicted molar refractivity (Wildman–Crippen MR) is 134 cm³/mol. The molecule has 1 heterocycles. The molecule has 0 aliphatic heterocycles. The molecule has 2 amide bonds. The van der Waals surface area contributed by atoms with E-state index in [0.29, 0.717) is 34.9 Å². The molecular formula is C28H25F4N3O5. The second kappa shape index (κ2) is 10.0. The Labute approximate surface area is 226 Å². The van der Waals surface area contributed by atoms with E-state index in [1.165, 1.54) is 25.3 Å². The number of rotatable bonds is 8. The lowest BCUT2D eigenvalue weighted by Crippen LogP contribution is -2.62. The van der Waals surface area contributed by atoms with Crippen molar-refractivity contribution in [3.63, 3.8) is 0 Å².